The van der Waals surface area contributed by atoms with Crippen molar-refractivity contribution in [2.24, 2.45) is 0 Å². The van der Waals surface area contributed by atoms with E-state index in [4.69, 9.17) is 4.74 Å². The van der Waals surface area contributed by atoms with E-state index in [0.29, 0.717) is 19.2 Å². The number of pyridine rings is 1. The molecule has 1 amide bonds. The summed E-state index contributed by atoms with van der Waals surface area (Å²) in [6.07, 6.45) is 5.72. The van der Waals surface area contributed by atoms with Gasteiger partial charge < -0.3 is 9.64 Å². The molecule has 4 nitrogen and oxygen atoms in total. The highest BCUT2D eigenvalue weighted by molar-refractivity contribution is 5.94. The Bertz CT molecular complexity index is 639. The molecule has 114 valence electrons. The van der Waals surface area contributed by atoms with Crippen molar-refractivity contribution in [2.75, 3.05) is 7.11 Å². The minimum absolute atomic E-state index is 0.0947. The van der Waals surface area contributed by atoms with Crippen molar-refractivity contribution in [1.29, 1.82) is 0 Å². The van der Waals surface area contributed by atoms with Crippen molar-refractivity contribution in [1.82, 2.24) is 9.88 Å². The fourth-order valence-electron chi connectivity index (χ4n) is 2.56. The lowest BCUT2D eigenvalue weighted by Gasteiger charge is -2.23. The largest absolute Gasteiger partial charge is 0.380 e. The number of rotatable bonds is 6. The summed E-state index contributed by atoms with van der Waals surface area (Å²) in [5.74, 6) is 0.0947. The van der Waals surface area contributed by atoms with Crippen LogP contribution in [0, 0.1) is 0 Å². The zero-order valence-corrected chi connectivity index (χ0v) is 12.7. The second-order valence-corrected chi connectivity index (χ2v) is 5.65. The summed E-state index contributed by atoms with van der Waals surface area (Å²) in [6.45, 7) is 1.16. The lowest BCUT2D eigenvalue weighted by atomic mass is 10.1. The van der Waals surface area contributed by atoms with Crippen LogP contribution in [-0.4, -0.2) is 28.9 Å². The van der Waals surface area contributed by atoms with Crippen molar-refractivity contribution >= 4 is 5.91 Å². The standard InChI is InChI=1S/C18H20N2O2/c1-22-13-15-3-2-4-16(11-15)18(21)20(17-5-6-17)12-14-7-9-19-10-8-14/h2-4,7-11,17H,5-6,12-13H2,1H3. The highest BCUT2D eigenvalue weighted by atomic mass is 16.5. The molecule has 0 aliphatic heterocycles. The molecule has 1 aromatic carbocycles. The van der Waals surface area contributed by atoms with Gasteiger partial charge in [0.05, 0.1) is 6.61 Å². The first kappa shape index (κ1) is 14.7. The minimum Gasteiger partial charge on any atom is -0.380 e. The number of hydrogen-bond acceptors (Lipinski definition) is 3. The van der Waals surface area contributed by atoms with Crippen LogP contribution in [0.2, 0.25) is 0 Å². The van der Waals surface area contributed by atoms with E-state index in [0.717, 1.165) is 29.5 Å². The summed E-state index contributed by atoms with van der Waals surface area (Å²) in [4.78, 5) is 18.9. The minimum atomic E-state index is 0.0947. The van der Waals surface area contributed by atoms with E-state index >= 15 is 0 Å². The lowest BCUT2D eigenvalue weighted by Crippen LogP contribution is -2.32. The monoisotopic (exact) mass is 296 g/mol. The van der Waals surface area contributed by atoms with Gasteiger partial charge in [0.2, 0.25) is 0 Å². The van der Waals surface area contributed by atoms with Crippen molar-refractivity contribution in [3.63, 3.8) is 0 Å². The average molecular weight is 296 g/mol. The highest BCUT2D eigenvalue weighted by Gasteiger charge is 2.33. The molecule has 4 heteroatoms. The molecular formula is C18H20N2O2. The van der Waals surface area contributed by atoms with Crippen molar-refractivity contribution in [3.8, 4) is 0 Å². The summed E-state index contributed by atoms with van der Waals surface area (Å²) in [6, 6.07) is 12.0. The molecule has 2 aromatic rings. The normalized spacial score (nSPS) is 13.9. The fraction of sp³-hybridized carbons (Fsp3) is 0.333. The predicted octanol–water partition coefficient (Wildman–Crippen LogP) is 3.03. The van der Waals surface area contributed by atoms with Gasteiger partial charge in [-0.3, -0.25) is 9.78 Å². The van der Waals surface area contributed by atoms with Crippen molar-refractivity contribution in [2.45, 2.75) is 32.0 Å². The van der Waals surface area contributed by atoms with Crippen LogP contribution < -0.4 is 0 Å². The van der Waals surface area contributed by atoms with Crippen LogP contribution >= 0.6 is 0 Å². The van der Waals surface area contributed by atoms with Gasteiger partial charge in [-0.2, -0.15) is 0 Å². The molecule has 1 fully saturated rings. The van der Waals surface area contributed by atoms with E-state index in [-0.39, 0.29) is 5.91 Å². The van der Waals surface area contributed by atoms with E-state index in [1.807, 2.05) is 41.3 Å². The Balaban J connectivity index is 1.79. The maximum atomic E-state index is 12.9. The molecule has 0 unspecified atom stereocenters. The van der Waals surface area contributed by atoms with Gasteiger partial charge in [-0.15, -0.1) is 0 Å². The molecule has 1 saturated carbocycles. The van der Waals surface area contributed by atoms with Crippen LogP contribution in [-0.2, 0) is 17.9 Å². The molecule has 0 radical (unpaired) electrons. The Labute approximate surface area is 130 Å². The van der Waals surface area contributed by atoms with Gasteiger partial charge in [0.1, 0.15) is 0 Å². The van der Waals surface area contributed by atoms with E-state index in [1.54, 1.807) is 19.5 Å². The summed E-state index contributed by atoms with van der Waals surface area (Å²) in [5, 5.41) is 0. The van der Waals surface area contributed by atoms with E-state index in [9.17, 15) is 4.79 Å². The third-order valence-electron chi connectivity index (χ3n) is 3.84. The van der Waals surface area contributed by atoms with Gasteiger partial charge in [0.25, 0.3) is 5.91 Å². The number of carbonyl (C=O) groups excluding carboxylic acids is 1. The SMILES string of the molecule is COCc1cccc(C(=O)N(Cc2ccncc2)C2CC2)c1. The summed E-state index contributed by atoms with van der Waals surface area (Å²) >= 11 is 0. The van der Waals surface area contributed by atoms with E-state index in [2.05, 4.69) is 4.98 Å². The molecule has 0 bridgehead atoms. The third kappa shape index (κ3) is 3.52. The maximum Gasteiger partial charge on any atom is 0.254 e. The number of hydrogen-bond donors (Lipinski definition) is 0. The van der Waals surface area contributed by atoms with Crippen molar-refractivity contribution in [3.05, 3.63) is 65.5 Å². The number of nitrogens with zero attached hydrogens (tertiary/aromatic N) is 2. The van der Waals surface area contributed by atoms with E-state index in [1.165, 1.54) is 0 Å². The predicted molar refractivity (Wildman–Crippen MR) is 84.3 cm³/mol. The van der Waals surface area contributed by atoms with Gasteiger partial charge >= 0.3 is 0 Å². The third-order valence-corrected chi connectivity index (χ3v) is 3.84. The number of methoxy groups -OCH3 is 1. The molecule has 3 rings (SSSR count). The van der Waals surface area contributed by atoms with Crippen LogP contribution in [0.25, 0.3) is 0 Å². The average Bonchev–Trinajstić information content (AvgIpc) is 3.38. The van der Waals surface area contributed by atoms with Gasteiger partial charge in [-0.25, -0.2) is 0 Å². The first-order valence-corrected chi connectivity index (χ1v) is 7.55. The van der Waals surface area contributed by atoms with Gasteiger partial charge in [0, 0.05) is 37.7 Å². The highest BCUT2D eigenvalue weighted by Crippen LogP contribution is 2.30. The van der Waals surface area contributed by atoms with Gasteiger partial charge in [-0.05, 0) is 48.2 Å². The zero-order valence-electron chi connectivity index (χ0n) is 12.7. The molecule has 1 aliphatic carbocycles. The molecule has 0 saturated heterocycles. The Hall–Kier alpha value is -2.20. The van der Waals surface area contributed by atoms with Gasteiger partial charge in [-0.1, -0.05) is 12.1 Å². The fourth-order valence-corrected chi connectivity index (χ4v) is 2.56. The van der Waals surface area contributed by atoms with Crippen LogP contribution in [0.5, 0.6) is 0 Å². The number of aromatic nitrogens is 1. The van der Waals surface area contributed by atoms with Crippen LogP contribution in [0.1, 0.15) is 34.3 Å². The molecule has 0 N–H and O–H groups in total. The Kier molecular flexibility index (Phi) is 4.49. The smallest absolute Gasteiger partial charge is 0.254 e. The molecule has 0 spiro atoms. The Morgan fingerprint density at radius 3 is 2.68 bits per heavy atom. The van der Waals surface area contributed by atoms with E-state index < -0.39 is 0 Å². The second kappa shape index (κ2) is 6.71. The molecule has 1 aliphatic rings. The topological polar surface area (TPSA) is 42.4 Å². The first-order chi connectivity index (χ1) is 10.8. The summed E-state index contributed by atoms with van der Waals surface area (Å²) in [7, 11) is 1.66. The van der Waals surface area contributed by atoms with Gasteiger partial charge in [0.15, 0.2) is 0 Å². The molecule has 0 atom stereocenters. The lowest BCUT2D eigenvalue weighted by molar-refractivity contribution is 0.0729. The number of amides is 1. The number of benzene rings is 1. The quantitative estimate of drug-likeness (QED) is 0.823. The maximum absolute atomic E-state index is 12.9. The number of ether oxygens (including phenoxy) is 1. The molecular weight excluding hydrogens is 276 g/mol. The van der Waals surface area contributed by atoms with Crippen LogP contribution in [0.3, 0.4) is 0 Å². The first-order valence-electron chi connectivity index (χ1n) is 7.55. The molecule has 1 aromatic heterocycles. The van der Waals surface area contributed by atoms with Crippen molar-refractivity contribution < 1.29 is 9.53 Å². The Morgan fingerprint density at radius 2 is 2.00 bits per heavy atom. The van der Waals surface area contributed by atoms with Crippen LogP contribution in [0.15, 0.2) is 48.8 Å². The molecule has 1 heterocycles. The molecule has 22 heavy (non-hydrogen) atoms. The number of carbonyl (C=O) groups is 1. The second-order valence-electron chi connectivity index (χ2n) is 5.65. The summed E-state index contributed by atoms with van der Waals surface area (Å²) in [5.41, 5.74) is 2.87. The van der Waals surface area contributed by atoms with Crippen LogP contribution in [0.4, 0.5) is 0 Å². The summed E-state index contributed by atoms with van der Waals surface area (Å²) < 4.78 is 5.15. The Morgan fingerprint density at radius 1 is 1.23 bits per heavy atom. The zero-order chi connectivity index (χ0) is 15.4.